The highest BCUT2D eigenvalue weighted by Crippen LogP contribution is 2.16. The molecule has 8 N–H and O–H groups in total. The Balaban J connectivity index is 0. The molecule has 0 bridgehead atoms. The summed E-state index contributed by atoms with van der Waals surface area (Å²) in [6, 6.07) is 0. The first-order chi connectivity index (χ1) is 34.1. The van der Waals surface area contributed by atoms with Gasteiger partial charge in [-0.2, -0.15) is 0 Å². The second-order valence-corrected chi connectivity index (χ2v) is 19.7. The number of nitrogens with one attached hydrogen (secondary N) is 8. The second-order valence-electron chi connectivity index (χ2n) is 19.7. The maximum absolute atomic E-state index is 12.4. The molecule has 0 aromatic heterocycles. The highest BCUT2D eigenvalue weighted by Gasteiger charge is 2.08. The van der Waals surface area contributed by atoms with Crippen molar-refractivity contribution < 1.29 is 23.8 Å². The lowest BCUT2D eigenvalue weighted by Crippen LogP contribution is -2.43. The molecule has 0 rings (SSSR count). The molecule has 0 spiro atoms. The van der Waals surface area contributed by atoms with Crippen LogP contribution < -0.4 is 42.5 Å². The van der Waals surface area contributed by atoms with Gasteiger partial charge in [0, 0.05) is 33.0 Å². The fourth-order valence-electron chi connectivity index (χ4n) is 8.64. The first kappa shape index (κ1) is 70.7. The predicted molar refractivity (Wildman–Crippen MR) is 301 cm³/mol. The van der Waals surface area contributed by atoms with E-state index < -0.39 is 0 Å². The van der Waals surface area contributed by atoms with Crippen LogP contribution in [0.3, 0.4) is 0 Å². The number of methoxy groups -OCH3 is 1. The van der Waals surface area contributed by atoms with Crippen molar-refractivity contribution in [2.45, 2.75) is 238 Å². The molecule has 0 atom stereocenters. The van der Waals surface area contributed by atoms with E-state index in [1.807, 2.05) is 14.1 Å². The van der Waals surface area contributed by atoms with Crippen molar-refractivity contribution >= 4 is 11.8 Å². The number of rotatable bonds is 61. The number of carbonyl (C=O) groups excluding carboxylic acids is 2. The Bertz CT molecular complexity index is 981. The van der Waals surface area contributed by atoms with Crippen molar-refractivity contribution in [3.05, 3.63) is 0 Å². The summed E-state index contributed by atoms with van der Waals surface area (Å²) in [5, 5.41) is 27.4. The van der Waals surface area contributed by atoms with Gasteiger partial charge in [-0.05, 0) is 131 Å². The summed E-state index contributed by atoms with van der Waals surface area (Å²) in [7, 11) is 5.69. The molecule has 0 radical (unpaired) electrons. The van der Waals surface area contributed by atoms with E-state index in [4.69, 9.17) is 14.2 Å². The standard InChI is InChI=1S/C56H118N8O5.CH4/c1-57-39-34-43-59-41-30-32-45-61-54(62-46-33-31-42-60-44-35-40-58-2)36-26-23-25-29-47-63-55(65)37-27-22-20-18-16-14-12-10-8-6-4-5-7-9-11-13-15-17-19-21-24-28-48-64-56(66)38-49-68-52-53-69-51-50-67-3;/h54,57-62H,4-53H2,1-3H3,(H,63,65)(H,64,66);1H4. The van der Waals surface area contributed by atoms with E-state index in [9.17, 15) is 9.59 Å². The van der Waals surface area contributed by atoms with Gasteiger partial charge >= 0.3 is 0 Å². The molecule has 0 aliphatic carbocycles. The van der Waals surface area contributed by atoms with Crippen LogP contribution in [0, 0.1) is 0 Å². The van der Waals surface area contributed by atoms with Gasteiger partial charge in [-0.15, -0.1) is 0 Å². The van der Waals surface area contributed by atoms with Crippen LogP contribution in [-0.4, -0.2) is 138 Å². The number of hydrogen-bond acceptors (Lipinski definition) is 11. The normalized spacial score (nSPS) is 11.4. The Hall–Kier alpha value is -1.42. The Morgan fingerprint density at radius 1 is 0.343 bits per heavy atom. The summed E-state index contributed by atoms with van der Waals surface area (Å²) < 4.78 is 15.7. The first-order valence-electron chi connectivity index (χ1n) is 29.5. The van der Waals surface area contributed by atoms with Crippen LogP contribution in [0.25, 0.3) is 0 Å². The molecular formula is C57H122N8O5. The molecule has 13 nitrogen and oxygen atoms in total. The van der Waals surface area contributed by atoms with Gasteiger partial charge in [-0.3, -0.25) is 9.59 Å². The van der Waals surface area contributed by atoms with Crippen molar-refractivity contribution in [2.24, 2.45) is 0 Å². The molecule has 0 unspecified atom stereocenters. The molecule has 0 aromatic rings. The van der Waals surface area contributed by atoms with Gasteiger partial charge in [0.25, 0.3) is 0 Å². The highest BCUT2D eigenvalue weighted by atomic mass is 16.5. The molecule has 2 amide bonds. The van der Waals surface area contributed by atoms with Gasteiger partial charge in [0.15, 0.2) is 0 Å². The summed E-state index contributed by atoms with van der Waals surface area (Å²) in [6.45, 7) is 13.0. The number of unbranched alkanes of at least 4 members (excludes halogenated alkanes) is 26. The Morgan fingerprint density at radius 2 is 0.671 bits per heavy atom. The van der Waals surface area contributed by atoms with Gasteiger partial charge in [0.2, 0.25) is 11.8 Å². The Kier molecular flexibility index (Phi) is 64.3. The van der Waals surface area contributed by atoms with Crippen LogP contribution in [0.4, 0.5) is 0 Å². The Morgan fingerprint density at radius 3 is 1.10 bits per heavy atom. The Labute approximate surface area is 434 Å². The van der Waals surface area contributed by atoms with Gasteiger partial charge < -0.3 is 56.7 Å². The minimum Gasteiger partial charge on any atom is -0.382 e. The lowest BCUT2D eigenvalue weighted by molar-refractivity contribution is -0.122. The quantitative estimate of drug-likeness (QED) is 0.0217. The van der Waals surface area contributed by atoms with Crippen LogP contribution in [0.5, 0.6) is 0 Å². The average Bonchev–Trinajstić information content (AvgIpc) is 3.35. The lowest BCUT2D eigenvalue weighted by atomic mass is 10.0. The van der Waals surface area contributed by atoms with E-state index in [0.29, 0.717) is 52.0 Å². The van der Waals surface area contributed by atoms with Crippen molar-refractivity contribution in [2.75, 3.05) is 120 Å². The van der Waals surface area contributed by atoms with Gasteiger partial charge in [0.1, 0.15) is 0 Å². The molecule has 0 heterocycles. The van der Waals surface area contributed by atoms with Crippen molar-refractivity contribution in [1.82, 2.24) is 42.5 Å². The third-order valence-electron chi connectivity index (χ3n) is 13.1. The zero-order chi connectivity index (χ0) is 49.9. The maximum atomic E-state index is 12.4. The van der Waals surface area contributed by atoms with Crippen LogP contribution in [0.2, 0.25) is 0 Å². The summed E-state index contributed by atoms with van der Waals surface area (Å²) in [4.78, 5) is 24.3. The van der Waals surface area contributed by atoms with Crippen molar-refractivity contribution in [1.29, 1.82) is 0 Å². The minimum absolute atomic E-state index is 0. The summed E-state index contributed by atoms with van der Waals surface area (Å²) in [5.74, 6) is 0.325. The molecule has 0 fully saturated rings. The predicted octanol–water partition coefficient (Wildman–Crippen LogP) is 10.3. The summed E-state index contributed by atoms with van der Waals surface area (Å²) >= 11 is 0. The fourth-order valence-corrected chi connectivity index (χ4v) is 8.64. The zero-order valence-electron chi connectivity index (χ0n) is 46.0. The number of hydrogen-bond donors (Lipinski definition) is 8. The topological polar surface area (TPSA) is 158 Å². The average molecular weight is 1000 g/mol. The van der Waals surface area contributed by atoms with Gasteiger partial charge in [0.05, 0.1) is 39.2 Å². The molecule has 420 valence electrons. The number of ether oxygens (including phenoxy) is 3. The molecule has 13 heteroatoms. The SMILES string of the molecule is C.CNCCCNCCCCNC(CCCCCCNC(=O)CCCCCCCCCCCCCCCCCCCCCCCCNC(=O)CCOCCOCCOC)NCCCCNCCCNC. The van der Waals surface area contributed by atoms with E-state index in [0.717, 1.165) is 84.7 Å². The molecule has 0 aliphatic heterocycles. The highest BCUT2D eigenvalue weighted by molar-refractivity contribution is 5.76. The van der Waals surface area contributed by atoms with E-state index in [2.05, 4.69) is 42.5 Å². The smallest absolute Gasteiger partial charge is 0.222 e. The maximum Gasteiger partial charge on any atom is 0.222 e. The molecular weight excluding hydrogens is 877 g/mol. The third-order valence-corrected chi connectivity index (χ3v) is 13.1. The van der Waals surface area contributed by atoms with E-state index in [1.165, 1.54) is 193 Å². The lowest BCUT2D eigenvalue weighted by Gasteiger charge is -2.21. The number of amides is 2. The number of carbonyl (C=O) groups is 2. The monoisotopic (exact) mass is 999 g/mol. The van der Waals surface area contributed by atoms with E-state index in [1.54, 1.807) is 7.11 Å². The molecule has 0 saturated heterocycles. The molecule has 70 heavy (non-hydrogen) atoms. The van der Waals surface area contributed by atoms with Gasteiger partial charge in [-0.1, -0.05) is 155 Å². The van der Waals surface area contributed by atoms with Crippen molar-refractivity contribution in [3.8, 4) is 0 Å². The first-order valence-corrected chi connectivity index (χ1v) is 29.5. The largest absolute Gasteiger partial charge is 0.382 e. The summed E-state index contributed by atoms with van der Waals surface area (Å²) in [5.41, 5.74) is 0. The van der Waals surface area contributed by atoms with Crippen molar-refractivity contribution in [3.63, 3.8) is 0 Å². The van der Waals surface area contributed by atoms with Crippen LogP contribution >= 0.6 is 0 Å². The fraction of sp³-hybridized carbons (Fsp3) is 0.965. The third kappa shape index (κ3) is 60.9. The van der Waals surface area contributed by atoms with Crippen LogP contribution in [0.1, 0.15) is 232 Å². The molecule has 0 saturated carbocycles. The van der Waals surface area contributed by atoms with Crippen LogP contribution in [0.15, 0.2) is 0 Å². The van der Waals surface area contributed by atoms with Crippen LogP contribution in [-0.2, 0) is 23.8 Å². The molecule has 0 aromatic carbocycles. The van der Waals surface area contributed by atoms with Gasteiger partial charge in [-0.25, -0.2) is 0 Å². The zero-order valence-corrected chi connectivity index (χ0v) is 46.0. The minimum atomic E-state index is 0. The van der Waals surface area contributed by atoms with E-state index >= 15 is 0 Å². The second kappa shape index (κ2) is 63.7. The van der Waals surface area contributed by atoms with E-state index in [-0.39, 0.29) is 19.2 Å². The molecule has 0 aliphatic rings. The summed E-state index contributed by atoms with van der Waals surface area (Å²) in [6.07, 6.45) is 43.8.